The zero-order chi connectivity index (χ0) is 26.3. The SMILES string of the molecule is O=C(O)CN1CCOC[C@H]1Cc1nc2ccccc2n1[C@H]1C[C@H]2CCC[C@@H](C1)N2[C@@H]1C[C@@H]2CCCC[C@@H](C2)C1. The van der Waals surface area contributed by atoms with Crippen LogP contribution in [0.4, 0.5) is 0 Å². The van der Waals surface area contributed by atoms with Gasteiger partial charge in [-0.1, -0.05) is 44.2 Å². The fraction of sp³-hybridized carbons (Fsp3) is 0.750. The molecule has 3 aliphatic heterocycles. The number of aromatic nitrogens is 2. The number of hydrogen-bond donors (Lipinski definition) is 1. The smallest absolute Gasteiger partial charge is 0.317 e. The molecular weight excluding hydrogens is 488 g/mol. The summed E-state index contributed by atoms with van der Waals surface area (Å²) in [6, 6.07) is 11.3. The van der Waals surface area contributed by atoms with Crippen molar-refractivity contribution in [1.29, 1.82) is 0 Å². The van der Waals surface area contributed by atoms with Gasteiger partial charge in [-0.2, -0.15) is 0 Å². The Bertz CT molecular complexity index is 1140. The molecule has 0 unspecified atom stereocenters. The molecule has 5 fully saturated rings. The first-order chi connectivity index (χ1) is 19.1. The minimum Gasteiger partial charge on any atom is -0.480 e. The van der Waals surface area contributed by atoms with E-state index in [4.69, 9.17) is 9.72 Å². The van der Waals surface area contributed by atoms with E-state index in [1.165, 1.54) is 82.6 Å². The maximum absolute atomic E-state index is 11.6. The van der Waals surface area contributed by atoms with Crippen molar-refractivity contribution in [2.24, 2.45) is 11.8 Å². The molecule has 4 bridgehead atoms. The maximum atomic E-state index is 11.6. The van der Waals surface area contributed by atoms with Crippen molar-refractivity contribution in [3.05, 3.63) is 30.1 Å². The molecule has 39 heavy (non-hydrogen) atoms. The molecule has 212 valence electrons. The van der Waals surface area contributed by atoms with Crippen LogP contribution >= 0.6 is 0 Å². The summed E-state index contributed by atoms with van der Waals surface area (Å²) in [5.74, 6) is 2.27. The van der Waals surface area contributed by atoms with Gasteiger partial charge in [-0.25, -0.2) is 4.98 Å². The summed E-state index contributed by atoms with van der Waals surface area (Å²) in [5, 5.41) is 9.51. The molecule has 2 aliphatic carbocycles. The van der Waals surface area contributed by atoms with Crippen molar-refractivity contribution in [2.75, 3.05) is 26.3 Å². The van der Waals surface area contributed by atoms with E-state index in [2.05, 4.69) is 38.6 Å². The highest BCUT2D eigenvalue weighted by Crippen LogP contribution is 2.47. The quantitative estimate of drug-likeness (QED) is 0.544. The molecule has 1 N–H and O–H groups in total. The van der Waals surface area contributed by atoms with Gasteiger partial charge in [0, 0.05) is 43.2 Å². The molecule has 7 nitrogen and oxygen atoms in total. The highest BCUT2D eigenvalue weighted by molar-refractivity contribution is 5.76. The first-order valence-electron chi connectivity index (χ1n) is 15.9. The molecule has 7 atom stereocenters. The van der Waals surface area contributed by atoms with Crippen LogP contribution in [0.25, 0.3) is 11.0 Å². The van der Waals surface area contributed by atoms with Crippen LogP contribution in [0.1, 0.15) is 88.9 Å². The molecule has 0 radical (unpaired) electrons. The number of carbonyl (C=O) groups is 1. The molecule has 7 rings (SSSR count). The molecule has 5 aliphatic rings. The summed E-state index contributed by atoms with van der Waals surface area (Å²) < 4.78 is 8.40. The van der Waals surface area contributed by atoms with Crippen molar-refractivity contribution < 1.29 is 14.6 Å². The van der Waals surface area contributed by atoms with Crippen LogP contribution in [0.5, 0.6) is 0 Å². The largest absolute Gasteiger partial charge is 0.480 e. The number of nitrogens with zero attached hydrogens (tertiary/aromatic N) is 4. The molecule has 0 spiro atoms. The third-order valence-electron chi connectivity index (χ3n) is 10.9. The van der Waals surface area contributed by atoms with Crippen LogP contribution in [0.2, 0.25) is 0 Å². The highest BCUT2D eigenvalue weighted by atomic mass is 16.5. The third-order valence-corrected chi connectivity index (χ3v) is 10.9. The van der Waals surface area contributed by atoms with Crippen molar-refractivity contribution in [3.63, 3.8) is 0 Å². The molecule has 1 aromatic heterocycles. The van der Waals surface area contributed by atoms with Gasteiger partial charge in [-0.3, -0.25) is 14.6 Å². The summed E-state index contributed by atoms with van der Waals surface area (Å²) >= 11 is 0. The van der Waals surface area contributed by atoms with E-state index in [0.29, 0.717) is 37.9 Å². The number of rotatable bonds is 6. The predicted octanol–water partition coefficient (Wildman–Crippen LogP) is 5.28. The van der Waals surface area contributed by atoms with Crippen molar-refractivity contribution in [3.8, 4) is 0 Å². The molecule has 3 saturated heterocycles. The average Bonchev–Trinajstić information content (AvgIpc) is 3.19. The summed E-state index contributed by atoms with van der Waals surface area (Å²) in [7, 11) is 0. The zero-order valence-corrected chi connectivity index (χ0v) is 23.4. The molecule has 0 amide bonds. The Morgan fingerprint density at radius 1 is 0.897 bits per heavy atom. The number of aliphatic carboxylic acids is 1. The molecule has 2 aromatic rings. The monoisotopic (exact) mass is 534 g/mol. The van der Waals surface area contributed by atoms with Gasteiger partial charge in [0.1, 0.15) is 5.82 Å². The van der Waals surface area contributed by atoms with Gasteiger partial charge in [-0.05, 0) is 68.9 Å². The second-order valence-electron chi connectivity index (χ2n) is 13.4. The lowest BCUT2D eigenvalue weighted by atomic mass is 9.73. The van der Waals surface area contributed by atoms with E-state index in [-0.39, 0.29) is 12.6 Å². The normalized spacial score (nSPS) is 36.1. The summed E-state index contributed by atoms with van der Waals surface area (Å²) in [6.45, 7) is 1.92. The van der Waals surface area contributed by atoms with Crippen LogP contribution in [-0.2, 0) is 16.0 Å². The number of carboxylic acids is 1. The van der Waals surface area contributed by atoms with E-state index >= 15 is 0 Å². The second-order valence-corrected chi connectivity index (χ2v) is 13.4. The number of imidazole rings is 1. The Balaban J connectivity index is 1.16. The molecule has 4 heterocycles. The minimum atomic E-state index is -0.766. The Morgan fingerprint density at radius 2 is 1.64 bits per heavy atom. The summed E-state index contributed by atoms with van der Waals surface area (Å²) in [6.07, 6.45) is 17.4. The Morgan fingerprint density at radius 3 is 2.38 bits per heavy atom. The first kappa shape index (κ1) is 26.0. The number of ether oxygens (including phenoxy) is 1. The Hall–Kier alpha value is -1.96. The molecule has 7 heteroatoms. The topological polar surface area (TPSA) is 70.8 Å². The van der Waals surface area contributed by atoms with Gasteiger partial charge in [0.15, 0.2) is 0 Å². The molecule has 2 saturated carbocycles. The second kappa shape index (κ2) is 11.1. The van der Waals surface area contributed by atoms with Crippen molar-refractivity contribution in [1.82, 2.24) is 19.4 Å². The Kier molecular flexibility index (Phi) is 7.42. The lowest BCUT2D eigenvalue weighted by Crippen LogP contribution is -2.58. The predicted molar refractivity (Wildman–Crippen MR) is 152 cm³/mol. The lowest BCUT2D eigenvalue weighted by molar-refractivity contribution is -0.140. The van der Waals surface area contributed by atoms with Gasteiger partial charge in [0.25, 0.3) is 0 Å². The molecule has 1 aromatic carbocycles. The summed E-state index contributed by atoms with van der Waals surface area (Å²) in [5.41, 5.74) is 2.31. The number of carboxylic acid groups (broad SMARTS) is 1. The van der Waals surface area contributed by atoms with Crippen LogP contribution in [0, 0.1) is 11.8 Å². The van der Waals surface area contributed by atoms with Crippen LogP contribution in [0.15, 0.2) is 24.3 Å². The van der Waals surface area contributed by atoms with E-state index in [1.54, 1.807) is 0 Å². The van der Waals surface area contributed by atoms with E-state index in [0.717, 1.165) is 35.6 Å². The van der Waals surface area contributed by atoms with E-state index in [1.807, 2.05) is 0 Å². The van der Waals surface area contributed by atoms with Crippen LogP contribution < -0.4 is 0 Å². The number of morpholine rings is 1. The van der Waals surface area contributed by atoms with E-state index < -0.39 is 5.97 Å². The van der Waals surface area contributed by atoms with E-state index in [9.17, 15) is 9.90 Å². The van der Waals surface area contributed by atoms with Gasteiger partial charge in [-0.15, -0.1) is 0 Å². The van der Waals surface area contributed by atoms with Crippen molar-refractivity contribution >= 4 is 17.0 Å². The van der Waals surface area contributed by atoms with Gasteiger partial charge >= 0.3 is 5.97 Å². The molecular formula is C32H46N4O3. The number of benzene rings is 1. The van der Waals surface area contributed by atoms with Gasteiger partial charge in [0.05, 0.1) is 30.8 Å². The zero-order valence-electron chi connectivity index (χ0n) is 23.4. The fourth-order valence-corrected chi connectivity index (χ4v) is 9.42. The first-order valence-corrected chi connectivity index (χ1v) is 15.9. The number of piperidine rings is 2. The van der Waals surface area contributed by atoms with Crippen LogP contribution in [0.3, 0.4) is 0 Å². The lowest BCUT2D eigenvalue weighted by Gasteiger charge is -2.54. The third kappa shape index (κ3) is 5.27. The number of fused-ring (bicyclic) bond motifs is 5. The number of para-hydroxylation sites is 2. The van der Waals surface area contributed by atoms with Gasteiger partial charge < -0.3 is 14.4 Å². The van der Waals surface area contributed by atoms with Gasteiger partial charge in [0.2, 0.25) is 0 Å². The van der Waals surface area contributed by atoms with Crippen LogP contribution in [-0.4, -0.2) is 80.9 Å². The maximum Gasteiger partial charge on any atom is 0.317 e. The summed E-state index contributed by atoms with van der Waals surface area (Å²) in [4.78, 5) is 21.9. The highest BCUT2D eigenvalue weighted by Gasteiger charge is 2.45. The fourth-order valence-electron chi connectivity index (χ4n) is 9.42. The average molecular weight is 535 g/mol. The Labute approximate surface area is 232 Å². The van der Waals surface area contributed by atoms with Crippen molar-refractivity contribution in [2.45, 2.75) is 114 Å². The number of hydrogen-bond acceptors (Lipinski definition) is 5. The standard InChI is InChI=1S/C32H46N4O3/c37-32(38)20-34-12-13-39-21-28(34)19-31-33-29-10-3-4-11-30(29)36(31)27-17-24-8-5-9-25(18-27)35(24)26-15-22-6-1-2-7-23(14-22)16-26/h3-4,10-11,22-28H,1-2,5-9,12-21H2,(H,37,38)/t22-,23+,24-,25+,26-,27+,28-/m1/s1. The minimum absolute atomic E-state index is 0.0515.